The molecule has 1 aliphatic rings. The third-order valence-electron chi connectivity index (χ3n) is 4.89. The molecule has 2 atom stereocenters. The van der Waals surface area contributed by atoms with E-state index in [-0.39, 0.29) is 17.5 Å². The Bertz CT molecular complexity index is 698. The first-order valence-corrected chi connectivity index (χ1v) is 9.62. The molecule has 2 heterocycles. The number of anilines is 2. The van der Waals surface area contributed by atoms with Gasteiger partial charge in [0.2, 0.25) is 0 Å². The van der Waals surface area contributed by atoms with Gasteiger partial charge in [0.25, 0.3) is 0 Å². The van der Waals surface area contributed by atoms with Crippen molar-refractivity contribution in [3.05, 3.63) is 17.8 Å². The van der Waals surface area contributed by atoms with Crippen molar-refractivity contribution in [2.45, 2.75) is 60.0 Å². The van der Waals surface area contributed by atoms with Gasteiger partial charge in [-0.2, -0.15) is 0 Å². The van der Waals surface area contributed by atoms with E-state index in [1.54, 1.807) is 11.0 Å². The van der Waals surface area contributed by atoms with Gasteiger partial charge in [-0.3, -0.25) is 14.5 Å². The Morgan fingerprint density at radius 1 is 1.26 bits per heavy atom. The lowest BCUT2D eigenvalue weighted by atomic mass is 9.94. The smallest absolute Gasteiger partial charge is 0.313 e. The fourth-order valence-electron chi connectivity index (χ4n) is 3.50. The van der Waals surface area contributed by atoms with Crippen LogP contribution in [0.2, 0.25) is 0 Å². The number of carbonyl (C=O) groups excluding carboxylic acids is 2. The molecular formula is C20H33N5O2. The summed E-state index contributed by atoms with van der Waals surface area (Å²) in [5.41, 5.74) is 7.32. The molecule has 7 heteroatoms. The van der Waals surface area contributed by atoms with Crippen molar-refractivity contribution in [2.24, 2.45) is 5.41 Å². The zero-order chi connectivity index (χ0) is 20.4. The van der Waals surface area contributed by atoms with Crippen molar-refractivity contribution in [1.82, 2.24) is 14.8 Å². The predicted octanol–water partition coefficient (Wildman–Crippen LogP) is 2.13. The number of pyridine rings is 1. The first-order valence-electron chi connectivity index (χ1n) is 9.62. The summed E-state index contributed by atoms with van der Waals surface area (Å²) < 4.78 is 0. The van der Waals surface area contributed by atoms with Gasteiger partial charge < -0.3 is 16.0 Å². The van der Waals surface area contributed by atoms with Gasteiger partial charge in [-0.1, -0.05) is 27.7 Å². The van der Waals surface area contributed by atoms with Gasteiger partial charge in [0.15, 0.2) is 0 Å². The van der Waals surface area contributed by atoms with Gasteiger partial charge >= 0.3 is 11.8 Å². The Kier molecular flexibility index (Phi) is 6.46. The van der Waals surface area contributed by atoms with Crippen molar-refractivity contribution < 1.29 is 9.59 Å². The Labute approximate surface area is 162 Å². The van der Waals surface area contributed by atoms with E-state index in [9.17, 15) is 9.59 Å². The second-order valence-electron chi connectivity index (χ2n) is 8.72. The minimum absolute atomic E-state index is 0.0162. The molecule has 2 amide bonds. The highest BCUT2D eigenvalue weighted by Gasteiger charge is 2.35. The highest BCUT2D eigenvalue weighted by Crippen LogP contribution is 2.22. The quantitative estimate of drug-likeness (QED) is 0.790. The summed E-state index contributed by atoms with van der Waals surface area (Å²) in [5, 5.41) is 2.66. The van der Waals surface area contributed by atoms with Gasteiger partial charge in [0, 0.05) is 31.7 Å². The van der Waals surface area contributed by atoms with Crippen LogP contribution in [0.3, 0.4) is 0 Å². The van der Waals surface area contributed by atoms with Gasteiger partial charge in [0.05, 0.1) is 11.9 Å². The molecule has 0 aromatic carbocycles. The third-order valence-corrected chi connectivity index (χ3v) is 4.89. The Morgan fingerprint density at radius 2 is 1.93 bits per heavy atom. The predicted molar refractivity (Wildman–Crippen MR) is 108 cm³/mol. The molecule has 0 radical (unpaired) electrons. The second-order valence-corrected chi connectivity index (χ2v) is 8.72. The van der Waals surface area contributed by atoms with Crippen molar-refractivity contribution in [3.63, 3.8) is 0 Å². The normalized spacial score (nSPS) is 21.2. The number of carbonyl (C=O) groups is 2. The lowest BCUT2D eigenvalue weighted by molar-refractivity contribution is -0.147. The minimum Gasteiger partial charge on any atom is -0.383 e. The third kappa shape index (κ3) is 5.42. The fraction of sp³-hybridized carbons (Fsp3) is 0.650. The van der Waals surface area contributed by atoms with E-state index in [4.69, 9.17) is 5.73 Å². The van der Waals surface area contributed by atoms with Crippen LogP contribution in [-0.2, 0) is 16.0 Å². The first kappa shape index (κ1) is 21.2. The number of amides is 2. The second kappa shape index (κ2) is 8.25. The number of rotatable bonds is 3. The fourth-order valence-corrected chi connectivity index (χ4v) is 3.50. The summed E-state index contributed by atoms with van der Waals surface area (Å²) in [6, 6.07) is 1.96. The van der Waals surface area contributed by atoms with E-state index in [0.717, 1.165) is 18.7 Å². The van der Waals surface area contributed by atoms with Crippen LogP contribution < -0.4 is 11.1 Å². The molecule has 7 nitrogen and oxygen atoms in total. The zero-order valence-electron chi connectivity index (χ0n) is 17.4. The van der Waals surface area contributed by atoms with E-state index >= 15 is 0 Å². The van der Waals surface area contributed by atoms with Crippen LogP contribution in [0.15, 0.2) is 12.3 Å². The van der Waals surface area contributed by atoms with Crippen molar-refractivity contribution >= 4 is 23.3 Å². The van der Waals surface area contributed by atoms with Gasteiger partial charge in [-0.15, -0.1) is 0 Å². The summed E-state index contributed by atoms with van der Waals surface area (Å²) >= 11 is 0. The number of nitrogen functional groups attached to an aromatic ring is 1. The van der Waals surface area contributed by atoms with Crippen LogP contribution in [-0.4, -0.2) is 58.3 Å². The molecule has 0 bridgehead atoms. The maximum atomic E-state index is 12.7. The molecular weight excluding hydrogens is 342 g/mol. The zero-order valence-corrected chi connectivity index (χ0v) is 17.4. The van der Waals surface area contributed by atoms with Crippen molar-refractivity contribution in [1.29, 1.82) is 0 Å². The lowest BCUT2D eigenvalue weighted by Crippen LogP contribution is -2.60. The molecule has 27 heavy (non-hydrogen) atoms. The van der Waals surface area contributed by atoms with Crippen LogP contribution in [0.5, 0.6) is 0 Å². The number of aryl methyl sites for hydroxylation is 1. The number of nitrogens with zero attached hydrogens (tertiary/aromatic N) is 3. The maximum absolute atomic E-state index is 12.7. The highest BCUT2D eigenvalue weighted by molar-refractivity contribution is 6.39. The molecule has 150 valence electrons. The van der Waals surface area contributed by atoms with Crippen LogP contribution in [0.4, 0.5) is 11.5 Å². The Hall–Kier alpha value is -2.15. The number of aromatic nitrogens is 1. The average molecular weight is 376 g/mol. The van der Waals surface area contributed by atoms with Crippen LogP contribution >= 0.6 is 0 Å². The standard InChI is InChI=1S/C20H33N5O2/c1-7-15-8-16(9-22-17(15)21)23-18(26)19(27)25-11-13(2)24(10-14(25)3)12-20(4,5)6/h8-9,13-14H,7,10-12H2,1-6H3,(H2,21,22)(H,23,26)/t13-,14+/m1/s1. The highest BCUT2D eigenvalue weighted by atomic mass is 16.2. The molecule has 1 saturated heterocycles. The van der Waals surface area contributed by atoms with E-state index in [0.29, 0.717) is 24.5 Å². The molecule has 0 aliphatic carbocycles. The Balaban J connectivity index is 2.03. The SMILES string of the molecule is CCc1cc(NC(=O)C(=O)N2C[C@@H](C)N(CC(C)(C)C)C[C@@H]2C)cnc1N. The summed E-state index contributed by atoms with van der Waals surface area (Å²) in [6.07, 6.45) is 2.19. The van der Waals surface area contributed by atoms with Crippen molar-refractivity contribution in [2.75, 3.05) is 30.7 Å². The average Bonchev–Trinajstić information content (AvgIpc) is 2.57. The van der Waals surface area contributed by atoms with E-state index in [2.05, 4.69) is 42.9 Å². The molecule has 2 rings (SSSR count). The number of piperazine rings is 1. The van der Waals surface area contributed by atoms with Gasteiger partial charge in [0.1, 0.15) is 5.82 Å². The van der Waals surface area contributed by atoms with E-state index < -0.39 is 11.8 Å². The van der Waals surface area contributed by atoms with E-state index in [1.165, 1.54) is 6.20 Å². The first-order chi connectivity index (χ1) is 12.5. The molecule has 0 unspecified atom stereocenters. The number of nitrogens with one attached hydrogen (secondary N) is 1. The molecule has 0 spiro atoms. The van der Waals surface area contributed by atoms with Crippen molar-refractivity contribution in [3.8, 4) is 0 Å². The Morgan fingerprint density at radius 3 is 2.52 bits per heavy atom. The number of hydrogen-bond acceptors (Lipinski definition) is 5. The van der Waals surface area contributed by atoms with E-state index in [1.807, 2.05) is 13.8 Å². The molecule has 1 aliphatic heterocycles. The van der Waals surface area contributed by atoms with Crippen LogP contribution in [0, 0.1) is 5.41 Å². The van der Waals surface area contributed by atoms with Gasteiger partial charge in [-0.25, -0.2) is 4.98 Å². The number of nitrogens with two attached hydrogens (primary N) is 1. The molecule has 1 aromatic heterocycles. The molecule has 1 fully saturated rings. The molecule has 0 saturated carbocycles. The summed E-state index contributed by atoms with van der Waals surface area (Å²) in [6.45, 7) is 15.0. The van der Waals surface area contributed by atoms with Crippen LogP contribution in [0.25, 0.3) is 0 Å². The minimum atomic E-state index is -0.632. The number of hydrogen-bond donors (Lipinski definition) is 2. The molecule has 1 aromatic rings. The maximum Gasteiger partial charge on any atom is 0.313 e. The molecule has 3 N–H and O–H groups in total. The van der Waals surface area contributed by atoms with Crippen LogP contribution in [0.1, 0.15) is 47.1 Å². The monoisotopic (exact) mass is 375 g/mol. The summed E-state index contributed by atoms with van der Waals surface area (Å²) in [5.74, 6) is -0.689. The lowest BCUT2D eigenvalue weighted by Gasteiger charge is -2.45. The summed E-state index contributed by atoms with van der Waals surface area (Å²) in [7, 11) is 0. The summed E-state index contributed by atoms with van der Waals surface area (Å²) in [4.78, 5) is 33.3. The topological polar surface area (TPSA) is 91.6 Å². The van der Waals surface area contributed by atoms with Gasteiger partial charge in [-0.05, 0) is 37.3 Å². The largest absolute Gasteiger partial charge is 0.383 e.